The van der Waals surface area contributed by atoms with Crippen molar-refractivity contribution in [3.05, 3.63) is 63.1 Å². The fraction of sp³-hybridized carbons (Fsp3) is 0.0769. The molecule has 0 atom stereocenters. The number of nitro benzene ring substituents is 1. The molecule has 0 spiro atoms. The molecule has 7 nitrogen and oxygen atoms in total. The van der Waals surface area contributed by atoms with Crippen LogP contribution in [0.2, 0.25) is 5.02 Å². The van der Waals surface area contributed by atoms with Gasteiger partial charge in [0.05, 0.1) is 11.2 Å². The summed E-state index contributed by atoms with van der Waals surface area (Å²) in [5.41, 5.74) is 2.51. The first-order valence-corrected chi connectivity index (χ1v) is 6.19. The van der Waals surface area contributed by atoms with Crippen LogP contribution in [0.15, 0.2) is 46.1 Å². The Labute approximate surface area is 124 Å². The van der Waals surface area contributed by atoms with E-state index in [0.717, 1.165) is 6.07 Å². The van der Waals surface area contributed by atoms with Gasteiger partial charge in [-0.05, 0) is 31.2 Å². The van der Waals surface area contributed by atoms with Crippen LogP contribution in [0.3, 0.4) is 0 Å². The molecule has 1 aromatic heterocycles. The molecule has 1 heterocycles. The number of carbonyl (C=O) groups is 1. The van der Waals surface area contributed by atoms with E-state index in [2.05, 4.69) is 10.5 Å². The average Bonchev–Trinajstić information content (AvgIpc) is 2.98. The number of halogens is 1. The number of amides is 1. The summed E-state index contributed by atoms with van der Waals surface area (Å²) < 4.78 is 5.11. The van der Waals surface area contributed by atoms with Gasteiger partial charge in [0.1, 0.15) is 16.5 Å². The molecule has 0 fully saturated rings. The highest BCUT2D eigenvalue weighted by molar-refractivity contribution is 6.32. The predicted octanol–water partition coefficient (Wildman–Crippen LogP) is 3.00. The molecule has 0 saturated carbocycles. The number of rotatable bonds is 4. The Balaban J connectivity index is 2.16. The van der Waals surface area contributed by atoms with Crippen LogP contribution in [-0.4, -0.2) is 16.5 Å². The van der Waals surface area contributed by atoms with Crippen LogP contribution >= 0.6 is 11.6 Å². The van der Waals surface area contributed by atoms with Crippen LogP contribution in [0.25, 0.3) is 0 Å². The van der Waals surface area contributed by atoms with E-state index >= 15 is 0 Å². The largest absolute Gasteiger partial charge is 0.463 e. The first-order chi connectivity index (χ1) is 9.99. The third-order valence-corrected chi connectivity index (χ3v) is 2.93. The fourth-order valence-electron chi connectivity index (χ4n) is 1.53. The van der Waals surface area contributed by atoms with Crippen LogP contribution in [0, 0.1) is 10.1 Å². The van der Waals surface area contributed by atoms with E-state index in [0.29, 0.717) is 11.5 Å². The monoisotopic (exact) mass is 307 g/mol. The number of furan rings is 1. The van der Waals surface area contributed by atoms with Gasteiger partial charge in [0.2, 0.25) is 0 Å². The van der Waals surface area contributed by atoms with Gasteiger partial charge in [-0.2, -0.15) is 5.10 Å². The molecule has 0 aliphatic rings. The number of nitrogens with zero attached hydrogens (tertiary/aromatic N) is 2. The lowest BCUT2D eigenvalue weighted by molar-refractivity contribution is -0.384. The zero-order valence-corrected chi connectivity index (χ0v) is 11.6. The Morgan fingerprint density at radius 3 is 2.81 bits per heavy atom. The van der Waals surface area contributed by atoms with Crippen LogP contribution in [0.5, 0.6) is 0 Å². The SMILES string of the molecule is C/C(=N\NC(=O)c1ccc(Cl)c([N+](=O)[O-])c1)c1ccco1. The second kappa shape index (κ2) is 6.19. The quantitative estimate of drug-likeness (QED) is 0.533. The molecule has 0 bridgehead atoms. The smallest absolute Gasteiger partial charge is 0.288 e. The van der Waals surface area contributed by atoms with Crippen LogP contribution in [-0.2, 0) is 0 Å². The summed E-state index contributed by atoms with van der Waals surface area (Å²) in [5.74, 6) is -0.0712. The van der Waals surface area contributed by atoms with Crippen molar-refractivity contribution >= 4 is 28.9 Å². The lowest BCUT2D eigenvalue weighted by Crippen LogP contribution is -2.19. The first-order valence-electron chi connectivity index (χ1n) is 5.81. The maximum atomic E-state index is 11.9. The van der Waals surface area contributed by atoms with Crippen molar-refractivity contribution in [2.45, 2.75) is 6.92 Å². The average molecular weight is 308 g/mol. The van der Waals surface area contributed by atoms with Gasteiger partial charge in [-0.3, -0.25) is 14.9 Å². The normalized spacial score (nSPS) is 11.2. The second-order valence-corrected chi connectivity index (χ2v) is 4.45. The van der Waals surface area contributed by atoms with E-state index in [1.807, 2.05) is 0 Å². The van der Waals surface area contributed by atoms with Crippen LogP contribution < -0.4 is 5.43 Å². The zero-order valence-electron chi connectivity index (χ0n) is 10.9. The number of carbonyl (C=O) groups excluding carboxylic acids is 1. The summed E-state index contributed by atoms with van der Waals surface area (Å²) in [4.78, 5) is 22.0. The third kappa shape index (κ3) is 3.46. The molecule has 0 radical (unpaired) electrons. The van der Waals surface area contributed by atoms with Gasteiger partial charge in [0.25, 0.3) is 11.6 Å². The number of benzene rings is 1. The van der Waals surface area contributed by atoms with Crippen molar-refractivity contribution in [1.29, 1.82) is 0 Å². The van der Waals surface area contributed by atoms with Gasteiger partial charge in [-0.15, -0.1) is 0 Å². The highest BCUT2D eigenvalue weighted by atomic mass is 35.5. The van der Waals surface area contributed by atoms with E-state index in [-0.39, 0.29) is 16.3 Å². The number of hydrazone groups is 1. The Morgan fingerprint density at radius 2 is 2.19 bits per heavy atom. The lowest BCUT2D eigenvalue weighted by atomic mass is 10.2. The zero-order chi connectivity index (χ0) is 15.4. The fourth-order valence-corrected chi connectivity index (χ4v) is 1.72. The number of hydrogen-bond donors (Lipinski definition) is 1. The van der Waals surface area contributed by atoms with Crippen molar-refractivity contribution in [2.75, 3.05) is 0 Å². The minimum Gasteiger partial charge on any atom is -0.463 e. The molecule has 8 heteroatoms. The molecular formula is C13H10ClN3O4. The van der Waals surface area contributed by atoms with Gasteiger partial charge in [-0.25, -0.2) is 5.43 Å². The Morgan fingerprint density at radius 1 is 1.43 bits per heavy atom. The Kier molecular flexibility index (Phi) is 4.34. The standard InChI is InChI=1S/C13H10ClN3O4/c1-8(12-3-2-6-21-12)15-16-13(18)9-4-5-10(14)11(7-9)17(19)20/h2-7H,1H3,(H,16,18)/b15-8+. The van der Waals surface area contributed by atoms with Crippen molar-refractivity contribution in [3.63, 3.8) is 0 Å². The summed E-state index contributed by atoms with van der Waals surface area (Å²) >= 11 is 5.68. The third-order valence-electron chi connectivity index (χ3n) is 2.61. The van der Waals surface area contributed by atoms with Crippen LogP contribution in [0.4, 0.5) is 5.69 Å². The van der Waals surface area contributed by atoms with E-state index in [4.69, 9.17) is 16.0 Å². The highest BCUT2D eigenvalue weighted by Crippen LogP contribution is 2.24. The molecule has 0 aliphatic carbocycles. The van der Waals surface area contributed by atoms with Crippen LogP contribution in [0.1, 0.15) is 23.0 Å². The van der Waals surface area contributed by atoms with Gasteiger partial charge >= 0.3 is 0 Å². The molecule has 108 valence electrons. The van der Waals surface area contributed by atoms with Crippen molar-refractivity contribution in [3.8, 4) is 0 Å². The number of nitro groups is 1. The molecule has 0 unspecified atom stereocenters. The second-order valence-electron chi connectivity index (χ2n) is 4.04. The molecule has 1 aromatic carbocycles. The number of nitrogens with one attached hydrogen (secondary N) is 1. The Bertz CT molecular complexity index is 710. The molecule has 0 saturated heterocycles. The maximum absolute atomic E-state index is 11.9. The topological polar surface area (TPSA) is 97.7 Å². The summed E-state index contributed by atoms with van der Waals surface area (Å²) in [6.45, 7) is 1.66. The summed E-state index contributed by atoms with van der Waals surface area (Å²) in [6, 6.07) is 7.15. The minimum atomic E-state index is -0.656. The van der Waals surface area contributed by atoms with E-state index in [1.165, 1.54) is 18.4 Å². The minimum absolute atomic E-state index is 0.0354. The van der Waals surface area contributed by atoms with E-state index in [1.54, 1.807) is 19.1 Å². The van der Waals surface area contributed by atoms with Gasteiger partial charge in [0, 0.05) is 11.6 Å². The predicted molar refractivity (Wildman–Crippen MR) is 76.5 cm³/mol. The summed E-state index contributed by atoms with van der Waals surface area (Å²) in [7, 11) is 0. The molecule has 21 heavy (non-hydrogen) atoms. The maximum Gasteiger partial charge on any atom is 0.288 e. The highest BCUT2D eigenvalue weighted by Gasteiger charge is 2.16. The lowest BCUT2D eigenvalue weighted by Gasteiger charge is -2.02. The number of hydrogen-bond acceptors (Lipinski definition) is 5. The van der Waals surface area contributed by atoms with Crippen molar-refractivity contribution in [2.24, 2.45) is 5.10 Å². The van der Waals surface area contributed by atoms with Gasteiger partial charge < -0.3 is 4.42 Å². The molecule has 1 amide bonds. The first kappa shape index (κ1) is 14.7. The summed E-state index contributed by atoms with van der Waals surface area (Å²) in [5, 5.41) is 14.6. The summed E-state index contributed by atoms with van der Waals surface area (Å²) in [6.07, 6.45) is 1.48. The van der Waals surface area contributed by atoms with Crippen molar-refractivity contribution < 1.29 is 14.1 Å². The van der Waals surface area contributed by atoms with Crippen molar-refractivity contribution in [1.82, 2.24) is 5.43 Å². The molecule has 1 N–H and O–H groups in total. The van der Waals surface area contributed by atoms with Gasteiger partial charge in [0.15, 0.2) is 0 Å². The Hall–Kier alpha value is -2.67. The molecule has 2 rings (SSSR count). The van der Waals surface area contributed by atoms with E-state index < -0.39 is 10.8 Å². The van der Waals surface area contributed by atoms with Gasteiger partial charge in [-0.1, -0.05) is 11.6 Å². The molecular weight excluding hydrogens is 298 g/mol. The molecule has 2 aromatic rings. The van der Waals surface area contributed by atoms with E-state index in [9.17, 15) is 14.9 Å². The molecule has 0 aliphatic heterocycles.